The van der Waals surface area contributed by atoms with Crippen molar-refractivity contribution in [2.24, 2.45) is 0 Å². The third-order valence-corrected chi connectivity index (χ3v) is 3.61. The first kappa shape index (κ1) is 14.9. The number of nitriles is 1. The van der Waals surface area contributed by atoms with Gasteiger partial charge in [-0.1, -0.05) is 24.9 Å². The predicted molar refractivity (Wildman–Crippen MR) is 77.0 cm³/mol. The minimum atomic E-state index is -0.0446. The van der Waals surface area contributed by atoms with Crippen molar-refractivity contribution in [3.05, 3.63) is 28.8 Å². The third-order valence-electron chi connectivity index (χ3n) is 2.25. The second-order valence-electron chi connectivity index (χ2n) is 3.76. The maximum absolute atomic E-state index is 11.6. The van der Waals surface area contributed by atoms with Gasteiger partial charge in [0.15, 0.2) is 0 Å². The molecule has 0 saturated heterocycles. The quantitative estimate of drug-likeness (QED) is 0.810. The number of hydrogen-bond donors (Lipinski definition) is 1. The lowest BCUT2D eigenvalue weighted by Crippen LogP contribution is -2.14. The van der Waals surface area contributed by atoms with Crippen LogP contribution < -0.4 is 5.32 Å². The monoisotopic (exact) mass is 282 g/mol. The van der Waals surface area contributed by atoms with Gasteiger partial charge in [-0.2, -0.15) is 17.0 Å². The Labute approximate surface area is 117 Å². The van der Waals surface area contributed by atoms with Crippen molar-refractivity contribution in [1.29, 1.82) is 5.26 Å². The van der Waals surface area contributed by atoms with E-state index in [4.69, 9.17) is 16.9 Å². The lowest BCUT2D eigenvalue weighted by Gasteiger charge is -2.06. The van der Waals surface area contributed by atoms with Gasteiger partial charge in [-0.05, 0) is 30.4 Å². The molecule has 0 saturated carbocycles. The SMILES string of the molecule is CCCCSCC(=O)Nc1ccc(C#N)c(Cl)c1. The summed E-state index contributed by atoms with van der Waals surface area (Å²) in [5, 5.41) is 11.8. The molecule has 1 aromatic rings. The van der Waals surface area contributed by atoms with Crippen LogP contribution in [0.5, 0.6) is 0 Å². The van der Waals surface area contributed by atoms with Gasteiger partial charge < -0.3 is 5.32 Å². The van der Waals surface area contributed by atoms with Crippen LogP contribution in [-0.2, 0) is 4.79 Å². The number of rotatable bonds is 6. The van der Waals surface area contributed by atoms with E-state index in [1.165, 1.54) is 0 Å². The Hall–Kier alpha value is -1.18. The van der Waals surface area contributed by atoms with Crippen molar-refractivity contribution in [2.45, 2.75) is 19.8 Å². The molecular weight excluding hydrogens is 268 g/mol. The fraction of sp³-hybridized carbons (Fsp3) is 0.385. The second kappa shape index (κ2) is 8.02. The van der Waals surface area contributed by atoms with Gasteiger partial charge in [-0.3, -0.25) is 4.79 Å². The summed E-state index contributed by atoms with van der Waals surface area (Å²) in [4.78, 5) is 11.6. The molecule has 0 aliphatic rings. The second-order valence-corrected chi connectivity index (χ2v) is 5.27. The summed E-state index contributed by atoms with van der Waals surface area (Å²) in [6.45, 7) is 2.12. The molecule has 5 heteroatoms. The van der Waals surface area contributed by atoms with E-state index in [2.05, 4.69) is 12.2 Å². The van der Waals surface area contributed by atoms with E-state index in [-0.39, 0.29) is 5.91 Å². The van der Waals surface area contributed by atoms with Gasteiger partial charge in [-0.15, -0.1) is 0 Å². The zero-order chi connectivity index (χ0) is 13.4. The van der Waals surface area contributed by atoms with Crippen molar-refractivity contribution >= 4 is 35.0 Å². The van der Waals surface area contributed by atoms with Gasteiger partial charge in [0.05, 0.1) is 16.3 Å². The zero-order valence-corrected chi connectivity index (χ0v) is 11.8. The number of halogens is 1. The van der Waals surface area contributed by atoms with Crippen LogP contribution in [0.3, 0.4) is 0 Å². The highest BCUT2D eigenvalue weighted by molar-refractivity contribution is 7.99. The number of carbonyl (C=O) groups is 1. The number of anilines is 1. The van der Waals surface area contributed by atoms with Crippen LogP contribution in [-0.4, -0.2) is 17.4 Å². The molecule has 1 aromatic carbocycles. The molecule has 0 aliphatic carbocycles. The summed E-state index contributed by atoms with van der Waals surface area (Å²) in [6, 6.07) is 6.85. The molecule has 0 aliphatic heterocycles. The van der Waals surface area contributed by atoms with E-state index in [1.54, 1.807) is 30.0 Å². The first-order valence-corrected chi connectivity index (χ1v) is 7.28. The number of benzene rings is 1. The van der Waals surface area contributed by atoms with E-state index in [0.717, 1.165) is 18.6 Å². The van der Waals surface area contributed by atoms with Crippen LogP contribution >= 0.6 is 23.4 Å². The Kier molecular flexibility index (Phi) is 6.63. The largest absolute Gasteiger partial charge is 0.325 e. The van der Waals surface area contributed by atoms with Gasteiger partial charge in [0.25, 0.3) is 0 Å². The normalized spacial score (nSPS) is 9.83. The standard InChI is InChI=1S/C13H15ClN2OS/c1-2-3-6-18-9-13(17)16-11-5-4-10(8-15)12(14)7-11/h4-5,7H,2-3,6,9H2,1H3,(H,16,17). The highest BCUT2D eigenvalue weighted by Gasteiger charge is 2.05. The highest BCUT2D eigenvalue weighted by atomic mass is 35.5. The molecule has 1 N–H and O–H groups in total. The average molecular weight is 283 g/mol. The van der Waals surface area contributed by atoms with Crippen molar-refractivity contribution in [1.82, 2.24) is 0 Å². The fourth-order valence-electron chi connectivity index (χ4n) is 1.29. The number of nitrogens with zero attached hydrogens (tertiary/aromatic N) is 1. The number of amides is 1. The minimum Gasteiger partial charge on any atom is -0.325 e. The average Bonchev–Trinajstić information content (AvgIpc) is 2.35. The van der Waals surface area contributed by atoms with Gasteiger partial charge in [0.1, 0.15) is 6.07 Å². The number of unbranched alkanes of at least 4 members (excludes halogenated alkanes) is 1. The molecule has 1 rings (SSSR count). The summed E-state index contributed by atoms with van der Waals surface area (Å²) in [7, 11) is 0. The van der Waals surface area contributed by atoms with Crippen LogP contribution in [0.25, 0.3) is 0 Å². The number of thioether (sulfide) groups is 1. The van der Waals surface area contributed by atoms with E-state index < -0.39 is 0 Å². The molecule has 96 valence electrons. The number of carbonyl (C=O) groups excluding carboxylic acids is 1. The van der Waals surface area contributed by atoms with Crippen LogP contribution in [0, 0.1) is 11.3 Å². The Morgan fingerprint density at radius 3 is 2.94 bits per heavy atom. The van der Waals surface area contributed by atoms with Gasteiger partial charge in [0.2, 0.25) is 5.91 Å². The minimum absolute atomic E-state index is 0.0446. The van der Waals surface area contributed by atoms with Crippen LogP contribution in [0.1, 0.15) is 25.3 Å². The fourth-order valence-corrected chi connectivity index (χ4v) is 2.41. The van der Waals surface area contributed by atoms with E-state index >= 15 is 0 Å². The molecule has 18 heavy (non-hydrogen) atoms. The topological polar surface area (TPSA) is 52.9 Å². The first-order valence-electron chi connectivity index (χ1n) is 5.74. The van der Waals surface area contributed by atoms with Crippen molar-refractivity contribution in [3.8, 4) is 6.07 Å². The van der Waals surface area contributed by atoms with Crippen molar-refractivity contribution in [2.75, 3.05) is 16.8 Å². The van der Waals surface area contributed by atoms with Crippen molar-refractivity contribution < 1.29 is 4.79 Å². The summed E-state index contributed by atoms with van der Waals surface area (Å²) in [5.74, 6) is 1.40. The molecule has 0 radical (unpaired) electrons. The summed E-state index contributed by atoms with van der Waals surface area (Å²) < 4.78 is 0. The molecule has 0 fully saturated rings. The molecular formula is C13H15ClN2OS. The number of hydrogen-bond acceptors (Lipinski definition) is 3. The van der Waals surface area contributed by atoms with Gasteiger partial charge in [-0.25, -0.2) is 0 Å². The Bertz CT molecular complexity index is 457. The van der Waals surface area contributed by atoms with Crippen LogP contribution in [0.4, 0.5) is 5.69 Å². The number of nitrogens with one attached hydrogen (secondary N) is 1. The zero-order valence-electron chi connectivity index (χ0n) is 10.2. The Morgan fingerprint density at radius 1 is 1.56 bits per heavy atom. The molecule has 1 amide bonds. The lowest BCUT2D eigenvalue weighted by molar-refractivity contribution is -0.113. The smallest absolute Gasteiger partial charge is 0.234 e. The first-order chi connectivity index (χ1) is 8.67. The maximum atomic E-state index is 11.6. The Morgan fingerprint density at radius 2 is 2.33 bits per heavy atom. The van der Waals surface area contributed by atoms with Crippen LogP contribution in [0.15, 0.2) is 18.2 Å². The maximum Gasteiger partial charge on any atom is 0.234 e. The Balaban J connectivity index is 2.45. The summed E-state index contributed by atoms with van der Waals surface area (Å²) in [5.41, 5.74) is 1.03. The molecule has 0 atom stereocenters. The van der Waals surface area contributed by atoms with Gasteiger partial charge >= 0.3 is 0 Å². The molecule has 0 unspecified atom stereocenters. The third kappa shape index (κ3) is 4.99. The lowest BCUT2D eigenvalue weighted by atomic mass is 10.2. The van der Waals surface area contributed by atoms with E-state index in [0.29, 0.717) is 22.0 Å². The van der Waals surface area contributed by atoms with Crippen LogP contribution in [0.2, 0.25) is 5.02 Å². The van der Waals surface area contributed by atoms with Crippen molar-refractivity contribution in [3.63, 3.8) is 0 Å². The van der Waals surface area contributed by atoms with Gasteiger partial charge in [0, 0.05) is 5.69 Å². The highest BCUT2D eigenvalue weighted by Crippen LogP contribution is 2.20. The summed E-state index contributed by atoms with van der Waals surface area (Å²) >= 11 is 7.50. The predicted octanol–water partition coefficient (Wildman–Crippen LogP) is 3.68. The molecule has 0 heterocycles. The molecule has 0 spiro atoms. The molecule has 0 bridgehead atoms. The molecule has 3 nitrogen and oxygen atoms in total. The van der Waals surface area contributed by atoms with E-state index in [1.807, 2.05) is 6.07 Å². The molecule has 0 aromatic heterocycles. The summed E-state index contributed by atoms with van der Waals surface area (Å²) in [6.07, 6.45) is 2.26. The van der Waals surface area contributed by atoms with E-state index in [9.17, 15) is 4.79 Å².